The number of unbranched alkanes of at least 4 members (excludes halogenated alkanes) is 1. The lowest BCUT2D eigenvalue weighted by molar-refractivity contribution is -0.129. The van der Waals surface area contributed by atoms with Gasteiger partial charge in [-0.15, -0.1) is 0 Å². The Morgan fingerprint density at radius 3 is 2.59 bits per heavy atom. The quantitative estimate of drug-likeness (QED) is 0.832. The second-order valence-electron chi connectivity index (χ2n) is 5.53. The summed E-state index contributed by atoms with van der Waals surface area (Å²) < 4.78 is 0. The molecule has 0 spiro atoms. The summed E-state index contributed by atoms with van der Waals surface area (Å²) in [6, 6.07) is 1.87. The predicted molar refractivity (Wildman–Crippen MR) is 85.9 cm³/mol. The molecule has 0 aromatic carbocycles. The van der Waals surface area contributed by atoms with E-state index in [4.69, 9.17) is 0 Å². The molecule has 1 aromatic heterocycles. The van der Waals surface area contributed by atoms with E-state index < -0.39 is 0 Å². The maximum Gasteiger partial charge on any atom is 0.252 e. The molecule has 2 rings (SSSR count). The summed E-state index contributed by atoms with van der Waals surface area (Å²) in [7, 11) is 0. The second-order valence-corrected chi connectivity index (χ2v) is 5.53. The van der Waals surface area contributed by atoms with Crippen molar-refractivity contribution in [2.75, 3.05) is 37.6 Å². The Bertz CT molecular complexity index is 525. The Labute approximate surface area is 131 Å². The zero-order valence-corrected chi connectivity index (χ0v) is 13.3. The Kier molecular flexibility index (Phi) is 5.75. The number of nitrogens with one attached hydrogen (secondary N) is 1. The minimum absolute atomic E-state index is 0.0785. The first-order valence-electron chi connectivity index (χ1n) is 7.85. The number of amides is 2. The third-order valence-corrected chi connectivity index (χ3v) is 3.89. The Hall–Kier alpha value is -2.11. The van der Waals surface area contributed by atoms with Crippen LogP contribution in [-0.2, 0) is 4.79 Å². The molecule has 1 aliphatic heterocycles. The van der Waals surface area contributed by atoms with E-state index in [2.05, 4.69) is 22.1 Å². The van der Waals surface area contributed by atoms with Crippen LogP contribution >= 0.6 is 0 Å². The molecule has 22 heavy (non-hydrogen) atoms. The van der Waals surface area contributed by atoms with Gasteiger partial charge in [0.05, 0.1) is 17.4 Å². The Balaban J connectivity index is 1.97. The molecule has 0 saturated carbocycles. The first-order chi connectivity index (χ1) is 10.6. The smallest absolute Gasteiger partial charge is 0.252 e. The Morgan fingerprint density at radius 1 is 1.23 bits per heavy atom. The summed E-state index contributed by atoms with van der Waals surface area (Å²) in [6.07, 6.45) is 5.40. The molecule has 1 aliphatic rings. The van der Waals surface area contributed by atoms with Gasteiger partial charge in [0.2, 0.25) is 5.91 Å². The van der Waals surface area contributed by atoms with E-state index in [9.17, 15) is 9.59 Å². The van der Waals surface area contributed by atoms with Crippen LogP contribution in [-0.4, -0.2) is 54.4 Å². The van der Waals surface area contributed by atoms with Crippen molar-refractivity contribution in [3.63, 3.8) is 0 Å². The first-order valence-corrected chi connectivity index (χ1v) is 7.85. The van der Waals surface area contributed by atoms with E-state index in [0.29, 0.717) is 25.2 Å². The van der Waals surface area contributed by atoms with Crippen LogP contribution in [0, 0.1) is 0 Å². The topological polar surface area (TPSA) is 65.5 Å². The molecule has 1 saturated heterocycles. The summed E-state index contributed by atoms with van der Waals surface area (Å²) in [4.78, 5) is 31.6. The van der Waals surface area contributed by atoms with Gasteiger partial charge in [0.15, 0.2) is 0 Å². The maximum absolute atomic E-state index is 12.1. The van der Waals surface area contributed by atoms with Gasteiger partial charge in [-0.3, -0.25) is 14.6 Å². The summed E-state index contributed by atoms with van der Waals surface area (Å²) >= 11 is 0. The number of pyridine rings is 1. The molecule has 1 fully saturated rings. The van der Waals surface area contributed by atoms with E-state index in [1.807, 2.05) is 11.0 Å². The van der Waals surface area contributed by atoms with Crippen LogP contribution in [0.5, 0.6) is 0 Å². The lowest BCUT2D eigenvalue weighted by Gasteiger charge is -2.35. The average molecular weight is 304 g/mol. The number of carbonyl (C=O) groups excluding carboxylic acids is 2. The summed E-state index contributed by atoms with van der Waals surface area (Å²) in [5.41, 5.74) is 1.52. The highest BCUT2D eigenvalue weighted by Crippen LogP contribution is 2.17. The van der Waals surface area contributed by atoms with Crippen molar-refractivity contribution in [2.45, 2.75) is 26.7 Å². The van der Waals surface area contributed by atoms with Gasteiger partial charge in [0, 0.05) is 45.8 Å². The minimum atomic E-state index is -0.0785. The van der Waals surface area contributed by atoms with Crippen molar-refractivity contribution in [3.8, 4) is 0 Å². The van der Waals surface area contributed by atoms with Gasteiger partial charge in [-0.2, -0.15) is 0 Å². The SMILES string of the molecule is CCCCNC(=O)c1cncc(N2CCN(C(C)=O)CC2)c1. The third-order valence-electron chi connectivity index (χ3n) is 3.89. The van der Waals surface area contributed by atoms with Gasteiger partial charge in [0.1, 0.15) is 0 Å². The van der Waals surface area contributed by atoms with Crippen molar-refractivity contribution in [1.29, 1.82) is 0 Å². The van der Waals surface area contributed by atoms with Gasteiger partial charge in [0.25, 0.3) is 5.91 Å². The van der Waals surface area contributed by atoms with Gasteiger partial charge >= 0.3 is 0 Å². The second kappa shape index (κ2) is 7.77. The van der Waals surface area contributed by atoms with Gasteiger partial charge in [-0.1, -0.05) is 13.3 Å². The van der Waals surface area contributed by atoms with Crippen molar-refractivity contribution < 1.29 is 9.59 Å². The largest absolute Gasteiger partial charge is 0.367 e. The maximum atomic E-state index is 12.1. The van der Waals surface area contributed by atoms with Gasteiger partial charge in [-0.25, -0.2) is 0 Å². The lowest BCUT2D eigenvalue weighted by atomic mass is 10.2. The fourth-order valence-corrected chi connectivity index (χ4v) is 2.49. The molecule has 0 bridgehead atoms. The van der Waals surface area contributed by atoms with E-state index in [1.165, 1.54) is 0 Å². The summed E-state index contributed by atoms with van der Waals surface area (Å²) in [5, 5.41) is 2.90. The number of hydrogen-bond acceptors (Lipinski definition) is 4. The minimum Gasteiger partial charge on any atom is -0.367 e. The molecule has 2 amide bonds. The molecule has 0 unspecified atom stereocenters. The number of hydrogen-bond donors (Lipinski definition) is 1. The molecule has 0 atom stereocenters. The standard InChI is InChI=1S/C16H24N4O2/c1-3-4-5-18-16(22)14-10-15(12-17-11-14)20-8-6-19(7-9-20)13(2)21/h10-12H,3-9H2,1-2H3,(H,18,22). The highest BCUT2D eigenvalue weighted by molar-refractivity contribution is 5.94. The van der Waals surface area contributed by atoms with Crippen LogP contribution in [0.15, 0.2) is 18.5 Å². The molecular formula is C16H24N4O2. The molecule has 1 aromatic rings. The molecule has 0 aliphatic carbocycles. The van der Waals surface area contributed by atoms with E-state index >= 15 is 0 Å². The Morgan fingerprint density at radius 2 is 1.95 bits per heavy atom. The molecule has 1 N–H and O–H groups in total. The average Bonchev–Trinajstić information content (AvgIpc) is 2.55. The van der Waals surface area contributed by atoms with E-state index in [0.717, 1.165) is 31.6 Å². The summed E-state index contributed by atoms with van der Waals surface area (Å²) in [6.45, 7) is 7.33. The molecule has 2 heterocycles. The van der Waals surface area contributed by atoms with Crippen LogP contribution in [0.3, 0.4) is 0 Å². The van der Waals surface area contributed by atoms with Crippen molar-refractivity contribution in [2.24, 2.45) is 0 Å². The van der Waals surface area contributed by atoms with Crippen LogP contribution in [0.25, 0.3) is 0 Å². The molecule has 6 nitrogen and oxygen atoms in total. The van der Waals surface area contributed by atoms with Crippen LogP contribution in [0.4, 0.5) is 5.69 Å². The van der Waals surface area contributed by atoms with Gasteiger partial charge in [-0.05, 0) is 12.5 Å². The number of rotatable bonds is 5. The predicted octanol–water partition coefficient (Wildman–Crippen LogP) is 1.28. The van der Waals surface area contributed by atoms with Crippen LogP contribution in [0.2, 0.25) is 0 Å². The number of piperazine rings is 1. The van der Waals surface area contributed by atoms with Crippen molar-refractivity contribution in [3.05, 3.63) is 24.0 Å². The van der Waals surface area contributed by atoms with Crippen LogP contribution in [0.1, 0.15) is 37.0 Å². The zero-order chi connectivity index (χ0) is 15.9. The normalized spacial score (nSPS) is 14.8. The third kappa shape index (κ3) is 4.19. The molecule has 6 heteroatoms. The number of anilines is 1. The zero-order valence-electron chi connectivity index (χ0n) is 13.3. The van der Waals surface area contributed by atoms with Crippen molar-refractivity contribution >= 4 is 17.5 Å². The van der Waals surface area contributed by atoms with E-state index in [1.54, 1.807) is 19.3 Å². The van der Waals surface area contributed by atoms with Crippen LogP contribution < -0.4 is 10.2 Å². The van der Waals surface area contributed by atoms with E-state index in [-0.39, 0.29) is 11.8 Å². The lowest BCUT2D eigenvalue weighted by Crippen LogP contribution is -2.48. The fraction of sp³-hybridized carbons (Fsp3) is 0.562. The first kappa shape index (κ1) is 16.3. The number of aromatic nitrogens is 1. The summed E-state index contributed by atoms with van der Waals surface area (Å²) in [5.74, 6) is 0.0343. The number of nitrogens with zero attached hydrogens (tertiary/aromatic N) is 3. The van der Waals surface area contributed by atoms with Gasteiger partial charge < -0.3 is 15.1 Å². The molecule has 120 valence electrons. The monoisotopic (exact) mass is 304 g/mol. The highest BCUT2D eigenvalue weighted by Gasteiger charge is 2.19. The fourth-order valence-electron chi connectivity index (χ4n) is 2.49. The highest BCUT2D eigenvalue weighted by atomic mass is 16.2. The van der Waals surface area contributed by atoms with Crippen molar-refractivity contribution in [1.82, 2.24) is 15.2 Å². The molecular weight excluding hydrogens is 280 g/mol. The molecule has 0 radical (unpaired) electrons. The number of carbonyl (C=O) groups is 2.